The number of nitrogens with one attached hydrogen (secondary N) is 2. The van der Waals surface area contributed by atoms with Crippen molar-refractivity contribution in [2.45, 2.75) is 45.6 Å². The van der Waals surface area contributed by atoms with Crippen LogP contribution in [0.4, 0.5) is 0 Å². The fraction of sp³-hybridized carbons (Fsp3) is 0.455. The van der Waals surface area contributed by atoms with E-state index in [9.17, 15) is 9.59 Å². The lowest BCUT2D eigenvalue weighted by Gasteiger charge is -2.28. The topological polar surface area (TPSA) is 96.0 Å². The zero-order valence-corrected chi connectivity index (χ0v) is 18.8. The van der Waals surface area contributed by atoms with Crippen LogP contribution in [0.3, 0.4) is 0 Å². The highest BCUT2D eigenvalue weighted by Crippen LogP contribution is 2.26. The Morgan fingerprint density at radius 1 is 1.32 bits per heavy atom. The van der Waals surface area contributed by atoms with Crippen LogP contribution in [-0.4, -0.2) is 50.3 Å². The van der Waals surface area contributed by atoms with Crippen molar-refractivity contribution in [3.05, 3.63) is 57.5 Å². The van der Waals surface area contributed by atoms with Gasteiger partial charge in [0.05, 0.1) is 12.1 Å². The van der Waals surface area contributed by atoms with E-state index in [2.05, 4.69) is 21.8 Å². The number of carbonyl (C=O) groups is 1. The molecule has 1 unspecified atom stereocenters. The molecule has 1 amide bonds. The molecule has 2 N–H and O–H groups in total. The van der Waals surface area contributed by atoms with Crippen LogP contribution in [0.5, 0.6) is 0 Å². The molecule has 0 radical (unpaired) electrons. The molecule has 3 heterocycles. The van der Waals surface area contributed by atoms with Crippen LogP contribution in [0.15, 0.2) is 47.3 Å². The minimum atomic E-state index is -0.746. The van der Waals surface area contributed by atoms with Gasteiger partial charge in [-0.2, -0.15) is 0 Å². The number of fused-ring (bicyclic) bond motifs is 1. The van der Waals surface area contributed by atoms with Crippen molar-refractivity contribution in [2.24, 2.45) is 0 Å². The highest BCUT2D eigenvalue weighted by molar-refractivity contribution is 7.71. The minimum absolute atomic E-state index is 0.0630. The van der Waals surface area contributed by atoms with E-state index in [1.54, 1.807) is 10.6 Å². The van der Waals surface area contributed by atoms with Crippen molar-refractivity contribution < 1.29 is 9.53 Å². The molecule has 1 saturated heterocycles. The quantitative estimate of drug-likeness (QED) is 0.294. The summed E-state index contributed by atoms with van der Waals surface area (Å²) in [5, 5.41) is 5.49. The first-order valence-electron chi connectivity index (χ1n) is 10.5. The number of H-pyrrole nitrogens is 2. The predicted octanol–water partition coefficient (Wildman–Crippen LogP) is 3.78. The fourth-order valence-electron chi connectivity index (χ4n) is 3.80. The van der Waals surface area contributed by atoms with Crippen LogP contribution in [0.25, 0.3) is 11.0 Å². The van der Waals surface area contributed by atoms with Gasteiger partial charge in [-0.15, -0.1) is 0 Å². The molecular formula is C22H29N5O3S. The van der Waals surface area contributed by atoms with E-state index in [1.165, 1.54) is 6.33 Å². The van der Waals surface area contributed by atoms with Crippen molar-refractivity contribution in [2.75, 3.05) is 19.7 Å². The SMILES string of the molecule is C=CCO/C(C)=C/C(=C\C)C(C(=O)N1CCCCCC1)n1cnc2[nH][nH]c(=O)c2c1=S. The summed E-state index contributed by atoms with van der Waals surface area (Å²) >= 11 is 5.63. The van der Waals surface area contributed by atoms with Crippen molar-refractivity contribution in [3.63, 3.8) is 0 Å². The monoisotopic (exact) mass is 443 g/mol. The number of nitrogens with zero attached hydrogens (tertiary/aromatic N) is 3. The Hall–Kier alpha value is -2.94. The van der Waals surface area contributed by atoms with Crippen LogP contribution in [0.1, 0.15) is 45.6 Å². The molecule has 8 nitrogen and oxygen atoms in total. The maximum atomic E-state index is 13.8. The molecule has 31 heavy (non-hydrogen) atoms. The first-order chi connectivity index (χ1) is 15.0. The molecule has 1 aliphatic rings. The summed E-state index contributed by atoms with van der Waals surface area (Å²) in [5.74, 6) is 0.591. The Kier molecular flexibility index (Phi) is 7.62. The number of amides is 1. The Morgan fingerprint density at radius 3 is 2.68 bits per heavy atom. The summed E-state index contributed by atoms with van der Waals surface area (Å²) < 4.78 is 7.50. The lowest BCUT2D eigenvalue weighted by atomic mass is 10.0. The van der Waals surface area contributed by atoms with Gasteiger partial charge < -0.3 is 14.2 Å². The van der Waals surface area contributed by atoms with E-state index < -0.39 is 6.04 Å². The van der Waals surface area contributed by atoms with Crippen molar-refractivity contribution in [1.29, 1.82) is 0 Å². The van der Waals surface area contributed by atoms with Gasteiger partial charge in [-0.1, -0.05) is 43.8 Å². The molecule has 2 aromatic heterocycles. The van der Waals surface area contributed by atoms with Crippen LogP contribution in [-0.2, 0) is 9.53 Å². The number of allylic oxidation sites excluding steroid dienone is 3. The number of aromatic amines is 2. The van der Waals surface area contributed by atoms with E-state index in [-0.39, 0.29) is 21.5 Å². The van der Waals surface area contributed by atoms with Gasteiger partial charge in [0.1, 0.15) is 22.7 Å². The second kappa shape index (κ2) is 10.4. The highest BCUT2D eigenvalue weighted by Gasteiger charge is 2.30. The van der Waals surface area contributed by atoms with Crippen LogP contribution in [0.2, 0.25) is 0 Å². The summed E-state index contributed by atoms with van der Waals surface area (Å²) in [7, 11) is 0. The smallest absolute Gasteiger partial charge is 0.276 e. The zero-order chi connectivity index (χ0) is 22.4. The van der Waals surface area contributed by atoms with E-state index >= 15 is 0 Å². The summed E-state index contributed by atoms with van der Waals surface area (Å²) in [5.41, 5.74) is 0.737. The van der Waals surface area contributed by atoms with Gasteiger partial charge in [0, 0.05) is 13.1 Å². The minimum Gasteiger partial charge on any atom is -0.494 e. The second-order valence-electron chi connectivity index (χ2n) is 7.55. The molecule has 1 fully saturated rings. The van der Waals surface area contributed by atoms with Gasteiger partial charge in [0.2, 0.25) is 5.91 Å². The third kappa shape index (κ3) is 5.04. The molecular weight excluding hydrogens is 414 g/mol. The third-order valence-electron chi connectivity index (χ3n) is 5.40. The van der Waals surface area contributed by atoms with E-state index in [0.717, 1.165) is 31.3 Å². The number of aromatic nitrogens is 4. The molecule has 166 valence electrons. The van der Waals surface area contributed by atoms with Gasteiger partial charge in [-0.3, -0.25) is 19.8 Å². The summed E-state index contributed by atoms with van der Waals surface area (Å²) in [6.45, 7) is 9.15. The van der Waals surface area contributed by atoms with Crippen LogP contribution in [0, 0.1) is 4.64 Å². The molecule has 0 bridgehead atoms. The van der Waals surface area contributed by atoms with E-state index in [4.69, 9.17) is 17.0 Å². The maximum absolute atomic E-state index is 13.8. The molecule has 9 heteroatoms. The van der Waals surface area contributed by atoms with Gasteiger partial charge in [-0.25, -0.2) is 4.98 Å². The molecule has 3 rings (SSSR count). The highest BCUT2D eigenvalue weighted by atomic mass is 32.1. The molecule has 2 aromatic rings. The standard InChI is InChI=1S/C22H29N5O3S/c1-4-12-30-15(3)13-16(5-2)18(21(29)26-10-8-6-7-9-11-26)27-14-23-19-17(22(27)31)20(28)25-24-19/h4-5,13-14,18H,1,6-12H2,2-3H3,(H2,24,25,28)/b15-13+,16-5+. The second-order valence-corrected chi connectivity index (χ2v) is 7.93. The number of carbonyl (C=O) groups excluding carboxylic acids is 1. The van der Waals surface area contributed by atoms with Crippen molar-refractivity contribution in [1.82, 2.24) is 24.6 Å². The van der Waals surface area contributed by atoms with Gasteiger partial charge in [0.25, 0.3) is 5.56 Å². The molecule has 0 aromatic carbocycles. The number of rotatable bonds is 7. The Bertz CT molecular complexity index is 1120. The van der Waals surface area contributed by atoms with Crippen LogP contribution < -0.4 is 5.56 Å². The average Bonchev–Trinajstić information content (AvgIpc) is 2.97. The normalized spacial score (nSPS) is 16.8. The van der Waals surface area contributed by atoms with E-state index in [0.29, 0.717) is 31.1 Å². The van der Waals surface area contributed by atoms with Crippen molar-refractivity contribution in [3.8, 4) is 0 Å². The summed E-state index contributed by atoms with van der Waals surface area (Å²) in [6.07, 6.45) is 11.1. The molecule has 0 spiro atoms. The lowest BCUT2D eigenvalue weighted by Crippen LogP contribution is -2.39. The predicted molar refractivity (Wildman–Crippen MR) is 123 cm³/mol. The van der Waals surface area contributed by atoms with E-state index in [1.807, 2.05) is 30.9 Å². The van der Waals surface area contributed by atoms with Gasteiger partial charge in [0.15, 0.2) is 5.65 Å². The zero-order valence-electron chi connectivity index (χ0n) is 18.0. The first kappa shape index (κ1) is 22.7. The maximum Gasteiger partial charge on any atom is 0.276 e. The molecule has 0 aliphatic carbocycles. The lowest BCUT2D eigenvalue weighted by molar-refractivity contribution is -0.133. The Balaban J connectivity index is 2.12. The molecule has 1 atom stereocenters. The average molecular weight is 444 g/mol. The van der Waals surface area contributed by atoms with Crippen LogP contribution >= 0.6 is 12.2 Å². The Labute approximate surface area is 186 Å². The fourth-order valence-corrected chi connectivity index (χ4v) is 4.14. The third-order valence-corrected chi connectivity index (χ3v) is 5.81. The molecule has 0 saturated carbocycles. The number of likely N-dealkylation sites (tertiary alicyclic amines) is 1. The number of hydrogen-bond acceptors (Lipinski definition) is 5. The Morgan fingerprint density at radius 2 is 2.03 bits per heavy atom. The summed E-state index contributed by atoms with van der Waals surface area (Å²) in [4.78, 5) is 32.3. The largest absolute Gasteiger partial charge is 0.494 e. The summed E-state index contributed by atoms with van der Waals surface area (Å²) in [6, 6.07) is -0.746. The van der Waals surface area contributed by atoms with Gasteiger partial charge >= 0.3 is 0 Å². The van der Waals surface area contributed by atoms with Crippen molar-refractivity contribution >= 4 is 29.2 Å². The molecule has 1 aliphatic heterocycles. The first-order valence-corrected chi connectivity index (χ1v) is 10.9. The number of hydrogen-bond donors (Lipinski definition) is 2. The van der Waals surface area contributed by atoms with Gasteiger partial charge in [-0.05, 0) is 38.3 Å². The number of ether oxygens (including phenoxy) is 1.